The van der Waals surface area contributed by atoms with Crippen LogP contribution in [0.1, 0.15) is 0 Å². The number of hydrogen-bond donors (Lipinski definition) is 1. The van der Waals surface area contributed by atoms with Gasteiger partial charge in [0.2, 0.25) is 5.88 Å². The fourth-order valence-corrected chi connectivity index (χ4v) is 2.65. The lowest BCUT2D eigenvalue weighted by molar-refractivity contribution is 0.131. The molecule has 1 aliphatic rings. The lowest BCUT2D eigenvalue weighted by Crippen LogP contribution is -2.50. The SMILES string of the molecule is Cn1c(OC2CNC2)c(Br)c2ccccc21. The Morgan fingerprint density at radius 3 is 2.75 bits per heavy atom. The molecule has 3 rings (SSSR count). The molecule has 4 heteroatoms. The van der Waals surface area contributed by atoms with Crippen molar-refractivity contribution >= 4 is 26.8 Å². The van der Waals surface area contributed by atoms with Crippen LogP contribution in [0, 0.1) is 0 Å². The summed E-state index contributed by atoms with van der Waals surface area (Å²) in [4.78, 5) is 0. The molecule has 1 aromatic carbocycles. The van der Waals surface area contributed by atoms with Gasteiger partial charge in [-0.25, -0.2) is 0 Å². The van der Waals surface area contributed by atoms with Gasteiger partial charge in [0.15, 0.2) is 0 Å². The normalized spacial score (nSPS) is 16.4. The number of fused-ring (bicyclic) bond motifs is 1. The minimum Gasteiger partial charge on any atom is -0.472 e. The van der Waals surface area contributed by atoms with E-state index in [0.29, 0.717) is 6.10 Å². The summed E-state index contributed by atoms with van der Waals surface area (Å²) in [5, 5.41) is 4.41. The summed E-state index contributed by atoms with van der Waals surface area (Å²) in [6, 6.07) is 8.29. The van der Waals surface area contributed by atoms with Crippen LogP contribution < -0.4 is 10.1 Å². The largest absolute Gasteiger partial charge is 0.472 e. The number of aromatic nitrogens is 1. The summed E-state index contributed by atoms with van der Waals surface area (Å²) in [5.41, 5.74) is 1.19. The van der Waals surface area contributed by atoms with Crippen LogP contribution in [0.5, 0.6) is 5.88 Å². The monoisotopic (exact) mass is 280 g/mol. The highest BCUT2D eigenvalue weighted by atomic mass is 79.9. The summed E-state index contributed by atoms with van der Waals surface area (Å²) in [6.07, 6.45) is 0.305. The molecule has 1 N–H and O–H groups in total. The van der Waals surface area contributed by atoms with Crippen molar-refractivity contribution in [3.05, 3.63) is 28.7 Å². The highest BCUT2D eigenvalue weighted by Crippen LogP contribution is 2.36. The molecule has 0 bridgehead atoms. The molecule has 84 valence electrons. The van der Waals surface area contributed by atoms with Crippen LogP contribution in [0.15, 0.2) is 28.7 Å². The van der Waals surface area contributed by atoms with Gasteiger partial charge in [-0.2, -0.15) is 0 Å². The van der Waals surface area contributed by atoms with Gasteiger partial charge in [0.1, 0.15) is 6.10 Å². The van der Waals surface area contributed by atoms with Gasteiger partial charge in [-0.1, -0.05) is 18.2 Å². The van der Waals surface area contributed by atoms with Gasteiger partial charge < -0.3 is 14.6 Å². The first kappa shape index (κ1) is 10.2. The highest BCUT2D eigenvalue weighted by molar-refractivity contribution is 9.10. The third-order valence-electron chi connectivity index (χ3n) is 3.02. The van der Waals surface area contributed by atoms with Gasteiger partial charge in [-0.05, 0) is 22.0 Å². The molecule has 3 nitrogen and oxygen atoms in total. The van der Waals surface area contributed by atoms with E-state index < -0.39 is 0 Å². The molecule has 2 heterocycles. The van der Waals surface area contributed by atoms with E-state index in [-0.39, 0.29) is 0 Å². The van der Waals surface area contributed by atoms with Gasteiger partial charge in [-0.3, -0.25) is 0 Å². The molecule has 0 unspecified atom stereocenters. The zero-order chi connectivity index (χ0) is 11.1. The maximum Gasteiger partial charge on any atom is 0.209 e. The Labute approximate surface area is 103 Å². The Kier molecular flexibility index (Phi) is 2.41. The van der Waals surface area contributed by atoms with Gasteiger partial charge in [0.25, 0.3) is 0 Å². The van der Waals surface area contributed by atoms with Gasteiger partial charge in [0, 0.05) is 25.5 Å². The molecule has 0 amide bonds. The average Bonchev–Trinajstić information content (AvgIpc) is 2.48. The summed E-state index contributed by atoms with van der Waals surface area (Å²) >= 11 is 3.62. The number of para-hydroxylation sites is 1. The Balaban J connectivity index is 2.08. The Hall–Kier alpha value is -1.00. The minimum absolute atomic E-state index is 0.305. The Morgan fingerprint density at radius 2 is 2.12 bits per heavy atom. The fourth-order valence-electron chi connectivity index (χ4n) is 1.96. The number of rotatable bonds is 2. The molecule has 1 aromatic heterocycles. The number of nitrogens with zero attached hydrogens (tertiary/aromatic N) is 1. The summed E-state index contributed by atoms with van der Waals surface area (Å²) in [7, 11) is 2.04. The van der Waals surface area contributed by atoms with Crippen molar-refractivity contribution in [2.24, 2.45) is 7.05 Å². The van der Waals surface area contributed by atoms with Crippen molar-refractivity contribution in [3.8, 4) is 5.88 Å². The lowest BCUT2D eigenvalue weighted by Gasteiger charge is -2.28. The number of ether oxygens (including phenoxy) is 1. The number of nitrogens with one attached hydrogen (secondary N) is 1. The molecule has 1 saturated heterocycles. The summed E-state index contributed by atoms with van der Waals surface area (Å²) < 4.78 is 9.10. The van der Waals surface area contributed by atoms with E-state index in [1.807, 2.05) is 19.2 Å². The molecular formula is C12H13BrN2O. The van der Waals surface area contributed by atoms with Crippen LogP contribution in [0.2, 0.25) is 0 Å². The van der Waals surface area contributed by atoms with Gasteiger partial charge in [0.05, 0.1) is 9.99 Å². The predicted molar refractivity (Wildman–Crippen MR) is 67.9 cm³/mol. The molecular weight excluding hydrogens is 268 g/mol. The van der Waals surface area contributed by atoms with Crippen molar-refractivity contribution in [3.63, 3.8) is 0 Å². The van der Waals surface area contributed by atoms with Crippen molar-refractivity contribution in [2.75, 3.05) is 13.1 Å². The number of halogens is 1. The quantitative estimate of drug-likeness (QED) is 0.914. The van der Waals surface area contributed by atoms with Gasteiger partial charge >= 0.3 is 0 Å². The first-order chi connectivity index (χ1) is 7.77. The van der Waals surface area contributed by atoms with Crippen LogP contribution in [-0.2, 0) is 7.05 Å². The second-order valence-electron chi connectivity index (χ2n) is 4.09. The number of aryl methyl sites for hydroxylation is 1. The molecule has 2 aromatic rings. The number of benzene rings is 1. The molecule has 16 heavy (non-hydrogen) atoms. The number of hydrogen-bond acceptors (Lipinski definition) is 2. The van der Waals surface area contributed by atoms with Crippen LogP contribution in [-0.4, -0.2) is 23.8 Å². The highest BCUT2D eigenvalue weighted by Gasteiger charge is 2.22. The third kappa shape index (κ3) is 1.44. The third-order valence-corrected chi connectivity index (χ3v) is 3.78. The smallest absolute Gasteiger partial charge is 0.209 e. The topological polar surface area (TPSA) is 26.2 Å². The molecule has 0 aliphatic carbocycles. The minimum atomic E-state index is 0.305. The molecule has 0 spiro atoms. The Bertz CT molecular complexity index is 492. The summed E-state index contributed by atoms with van der Waals surface area (Å²) in [6.45, 7) is 1.88. The first-order valence-corrected chi connectivity index (χ1v) is 6.17. The van der Waals surface area contributed by atoms with E-state index >= 15 is 0 Å². The van der Waals surface area contributed by atoms with E-state index in [9.17, 15) is 0 Å². The molecule has 0 radical (unpaired) electrons. The maximum absolute atomic E-state index is 5.95. The van der Waals surface area contributed by atoms with Crippen molar-refractivity contribution in [1.82, 2.24) is 9.88 Å². The van der Waals surface area contributed by atoms with Crippen LogP contribution >= 0.6 is 15.9 Å². The van der Waals surface area contributed by atoms with Crippen LogP contribution in [0.4, 0.5) is 0 Å². The standard InChI is InChI=1S/C12H13BrN2O/c1-15-10-5-3-2-4-9(10)11(13)12(15)16-8-6-14-7-8/h2-5,8,14H,6-7H2,1H3. The molecule has 1 aliphatic heterocycles. The Morgan fingerprint density at radius 1 is 1.38 bits per heavy atom. The van der Waals surface area contributed by atoms with E-state index in [0.717, 1.165) is 23.4 Å². The molecule has 1 fully saturated rings. The van der Waals surface area contributed by atoms with E-state index in [4.69, 9.17) is 4.74 Å². The van der Waals surface area contributed by atoms with Crippen molar-refractivity contribution in [2.45, 2.75) is 6.10 Å². The predicted octanol–water partition coefficient (Wildman–Crippen LogP) is 2.29. The zero-order valence-electron chi connectivity index (χ0n) is 9.03. The maximum atomic E-state index is 5.95. The zero-order valence-corrected chi connectivity index (χ0v) is 10.6. The van der Waals surface area contributed by atoms with Crippen molar-refractivity contribution in [1.29, 1.82) is 0 Å². The summed E-state index contributed by atoms with van der Waals surface area (Å²) in [5.74, 6) is 0.924. The van der Waals surface area contributed by atoms with Crippen molar-refractivity contribution < 1.29 is 4.74 Å². The van der Waals surface area contributed by atoms with Crippen LogP contribution in [0.25, 0.3) is 10.9 Å². The van der Waals surface area contributed by atoms with E-state index in [1.165, 1.54) is 10.9 Å². The molecule has 0 atom stereocenters. The lowest BCUT2D eigenvalue weighted by atomic mass is 10.2. The second-order valence-corrected chi connectivity index (χ2v) is 4.89. The fraction of sp³-hybridized carbons (Fsp3) is 0.333. The molecule has 0 saturated carbocycles. The van der Waals surface area contributed by atoms with E-state index in [1.54, 1.807) is 0 Å². The second kappa shape index (κ2) is 3.79. The van der Waals surface area contributed by atoms with E-state index in [2.05, 4.69) is 37.9 Å². The average molecular weight is 281 g/mol. The first-order valence-electron chi connectivity index (χ1n) is 5.37. The van der Waals surface area contributed by atoms with Gasteiger partial charge in [-0.15, -0.1) is 0 Å². The van der Waals surface area contributed by atoms with Crippen LogP contribution in [0.3, 0.4) is 0 Å².